The number of nitrogens with zero attached hydrogens (tertiary/aromatic N) is 1. The molecule has 0 heterocycles. The van der Waals surface area contributed by atoms with Gasteiger partial charge in [-0.1, -0.05) is 41.6 Å². The lowest BCUT2D eigenvalue weighted by molar-refractivity contribution is 0.318. The zero-order valence-electron chi connectivity index (χ0n) is 14.6. The zero-order chi connectivity index (χ0) is 18.7. The minimum absolute atomic E-state index is 0.0228. The molecule has 5 heteroatoms. The van der Waals surface area contributed by atoms with E-state index < -0.39 is 0 Å². The number of hydrogen-bond acceptors (Lipinski definition) is 4. The van der Waals surface area contributed by atoms with Crippen molar-refractivity contribution >= 4 is 5.84 Å². The van der Waals surface area contributed by atoms with Crippen LogP contribution in [0.15, 0.2) is 65.8 Å². The molecule has 0 bridgehead atoms. The Morgan fingerprint density at radius 1 is 1.00 bits per heavy atom. The fourth-order valence-electron chi connectivity index (χ4n) is 3.05. The third-order valence-corrected chi connectivity index (χ3v) is 4.22. The highest BCUT2D eigenvalue weighted by Gasteiger charge is 2.19. The number of aromatic hydroxyl groups is 1. The molecule has 0 amide bonds. The molecule has 4 N–H and O–H groups in total. The Labute approximate surface area is 152 Å². The van der Waals surface area contributed by atoms with Gasteiger partial charge in [0.1, 0.15) is 11.5 Å². The van der Waals surface area contributed by atoms with E-state index in [0.29, 0.717) is 11.3 Å². The summed E-state index contributed by atoms with van der Waals surface area (Å²) in [5.74, 6) is 0.898. The van der Waals surface area contributed by atoms with Crippen molar-refractivity contribution in [2.45, 2.75) is 6.92 Å². The molecule has 0 saturated carbocycles. The molecule has 0 spiro atoms. The van der Waals surface area contributed by atoms with E-state index >= 15 is 0 Å². The van der Waals surface area contributed by atoms with Gasteiger partial charge < -0.3 is 20.8 Å². The minimum atomic E-state index is 0.0228. The number of nitrogens with two attached hydrogens (primary N) is 1. The molecule has 0 aromatic heterocycles. The molecule has 0 fully saturated rings. The summed E-state index contributed by atoms with van der Waals surface area (Å²) in [5.41, 5.74) is 11.0. The monoisotopic (exact) mass is 348 g/mol. The third-order valence-electron chi connectivity index (χ3n) is 4.22. The summed E-state index contributed by atoms with van der Waals surface area (Å²) >= 11 is 0. The number of rotatable bonds is 4. The average Bonchev–Trinajstić information content (AvgIpc) is 2.67. The Hall–Kier alpha value is -3.47. The van der Waals surface area contributed by atoms with E-state index in [9.17, 15) is 10.3 Å². The minimum Gasteiger partial charge on any atom is -0.508 e. The highest BCUT2D eigenvalue weighted by atomic mass is 16.5. The van der Waals surface area contributed by atoms with E-state index in [4.69, 9.17) is 10.5 Å². The van der Waals surface area contributed by atoms with Crippen LogP contribution in [0.5, 0.6) is 11.5 Å². The van der Waals surface area contributed by atoms with E-state index in [0.717, 1.165) is 27.8 Å². The molecule has 5 nitrogen and oxygen atoms in total. The summed E-state index contributed by atoms with van der Waals surface area (Å²) in [4.78, 5) is 0. The summed E-state index contributed by atoms with van der Waals surface area (Å²) < 4.78 is 5.53. The molecular formula is C21H20N2O3. The summed E-state index contributed by atoms with van der Waals surface area (Å²) in [6.07, 6.45) is 0. The standard InChI is InChI=1S/C21H20N2O3/c1-13-11-17(14-7-9-15(24)10-8-14)20(18(12-13)21(22)23-25)16-5-3-4-6-19(16)26-2/h3-12,24-25H,1-2H3,(H2,22,23). The number of para-hydroxylation sites is 1. The molecule has 0 aliphatic carbocycles. The second kappa shape index (κ2) is 7.19. The molecule has 0 radical (unpaired) electrons. The fraction of sp³-hybridized carbons (Fsp3) is 0.0952. The molecule has 0 atom stereocenters. The zero-order valence-corrected chi connectivity index (χ0v) is 14.6. The molecule has 3 aromatic carbocycles. The lowest BCUT2D eigenvalue weighted by Crippen LogP contribution is -2.15. The molecule has 132 valence electrons. The van der Waals surface area contributed by atoms with E-state index in [-0.39, 0.29) is 11.6 Å². The first kappa shape index (κ1) is 17.4. The number of benzene rings is 3. The van der Waals surface area contributed by atoms with Crippen LogP contribution in [-0.2, 0) is 0 Å². The van der Waals surface area contributed by atoms with Gasteiger partial charge in [-0.15, -0.1) is 0 Å². The van der Waals surface area contributed by atoms with Gasteiger partial charge in [0.2, 0.25) is 0 Å². The van der Waals surface area contributed by atoms with Crippen molar-refractivity contribution in [3.8, 4) is 33.8 Å². The van der Waals surface area contributed by atoms with E-state index in [1.807, 2.05) is 55.5 Å². The van der Waals surface area contributed by atoms with Crippen molar-refractivity contribution in [1.82, 2.24) is 0 Å². The van der Waals surface area contributed by atoms with Crippen LogP contribution in [0.1, 0.15) is 11.1 Å². The van der Waals surface area contributed by atoms with Gasteiger partial charge in [0.15, 0.2) is 5.84 Å². The summed E-state index contributed by atoms with van der Waals surface area (Å²) in [6, 6.07) is 18.4. The van der Waals surface area contributed by atoms with Crippen LogP contribution in [0.3, 0.4) is 0 Å². The van der Waals surface area contributed by atoms with Crippen LogP contribution < -0.4 is 10.5 Å². The number of oxime groups is 1. The van der Waals surface area contributed by atoms with Gasteiger partial charge in [-0.05, 0) is 47.9 Å². The van der Waals surface area contributed by atoms with Gasteiger partial charge in [0.05, 0.1) is 7.11 Å². The molecule has 3 rings (SSSR count). The van der Waals surface area contributed by atoms with Crippen molar-refractivity contribution in [3.63, 3.8) is 0 Å². The van der Waals surface area contributed by atoms with Crippen LogP contribution in [0.4, 0.5) is 0 Å². The molecule has 0 unspecified atom stereocenters. The topological polar surface area (TPSA) is 88.1 Å². The van der Waals surface area contributed by atoms with E-state index in [1.165, 1.54) is 0 Å². The lowest BCUT2D eigenvalue weighted by atomic mass is 9.88. The predicted octanol–water partition coefficient (Wildman–Crippen LogP) is 4.14. The van der Waals surface area contributed by atoms with Gasteiger partial charge in [0, 0.05) is 16.7 Å². The van der Waals surface area contributed by atoms with Crippen LogP contribution in [0.25, 0.3) is 22.3 Å². The maximum atomic E-state index is 9.62. The number of ether oxygens (including phenoxy) is 1. The Morgan fingerprint density at radius 3 is 2.35 bits per heavy atom. The summed E-state index contributed by atoms with van der Waals surface area (Å²) in [5, 5.41) is 22.1. The summed E-state index contributed by atoms with van der Waals surface area (Å²) in [6.45, 7) is 1.95. The van der Waals surface area contributed by atoms with Gasteiger partial charge >= 0.3 is 0 Å². The maximum Gasteiger partial charge on any atom is 0.170 e. The lowest BCUT2D eigenvalue weighted by Gasteiger charge is -2.18. The van der Waals surface area contributed by atoms with Crippen molar-refractivity contribution < 1.29 is 15.1 Å². The Morgan fingerprint density at radius 2 is 1.69 bits per heavy atom. The van der Waals surface area contributed by atoms with Crippen LogP contribution in [0, 0.1) is 6.92 Å². The van der Waals surface area contributed by atoms with Crippen LogP contribution in [-0.4, -0.2) is 23.3 Å². The largest absolute Gasteiger partial charge is 0.508 e. The molecular weight excluding hydrogens is 328 g/mol. The SMILES string of the molecule is COc1ccccc1-c1c(C(N)=NO)cc(C)cc1-c1ccc(O)cc1. The first-order valence-electron chi connectivity index (χ1n) is 8.10. The van der Waals surface area contributed by atoms with E-state index in [1.54, 1.807) is 19.2 Å². The Kier molecular flexibility index (Phi) is 4.80. The molecule has 26 heavy (non-hydrogen) atoms. The van der Waals surface area contributed by atoms with E-state index in [2.05, 4.69) is 5.16 Å². The molecule has 0 aliphatic rings. The Balaban J connectivity index is 2.40. The first-order valence-corrected chi connectivity index (χ1v) is 8.10. The molecule has 0 saturated heterocycles. The Bertz CT molecular complexity index is 963. The van der Waals surface area contributed by atoms with Gasteiger partial charge in [0.25, 0.3) is 0 Å². The van der Waals surface area contributed by atoms with Crippen molar-refractivity contribution in [2.24, 2.45) is 10.9 Å². The second-order valence-electron chi connectivity index (χ2n) is 5.97. The van der Waals surface area contributed by atoms with Gasteiger partial charge in [-0.2, -0.15) is 0 Å². The van der Waals surface area contributed by atoms with Crippen LogP contribution in [0.2, 0.25) is 0 Å². The normalized spacial score (nSPS) is 11.4. The fourth-order valence-corrected chi connectivity index (χ4v) is 3.05. The predicted molar refractivity (Wildman–Crippen MR) is 103 cm³/mol. The molecule has 3 aromatic rings. The number of phenolic OH excluding ortho intramolecular Hbond substituents is 1. The van der Waals surface area contributed by atoms with Crippen molar-refractivity contribution in [1.29, 1.82) is 0 Å². The summed E-state index contributed by atoms with van der Waals surface area (Å²) in [7, 11) is 1.61. The number of amidine groups is 1. The second-order valence-corrected chi connectivity index (χ2v) is 5.97. The average molecular weight is 348 g/mol. The number of aryl methyl sites for hydroxylation is 1. The number of phenols is 1. The van der Waals surface area contributed by atoms with Gasteiger partial charge in [-0.25, -0.2) is 0 Å². The molecule has 0 aliphatic heterocycles. The number of hydrogen-bond donors (Lipinski definition) is 3. The third kappa shape index (κ3) is 3.19. The van der Waals surface area contributed by atoms with Crippen LogP contribution >= 0.6 is 0 Å². The number of methoxy groups -OCH3 is 1. The van der Waals surface area contributed by atoms with Gasteiger partial charge in [-0.3, -0.25) is 0 Å². The maximum absolute atomic E-state index is 9.62. The first-order chi connectivity index (χ1) is 12.5. The van der Waals surface area contributed by atoms with Crippen molar-refractivity contribution in [3.05, 3.63) is 71.8 Å². The smallest absolute Gasteiger partial charge is 0.170 e. The quantitative estimate of drug-likeness (QED) is 0.286. The highest BCUT2D eigenvalue weighted by Crippen LogP contribution is 2.40. The van der Waals surface area contributed by atoms with Crippen molar-refractivity contribution in [2.75, 3.05) is 7.11 Å². The highest BCUT2D eigenvalue weighted by molar-refractivity contribution is 6.07.